The first kappa shape index (κ1) is 6.91. The van der Waals surface area contributed by atoms with Gasteiger partial charge >= 0.3 is 6.03 Å². The maximum absolute atomic E-state index is 10.9. The number of nitrogens with zero attached hydrogens (tertiary/aromatic N) is 1. The number of urea groups is 1. The van der Waals surface area contributed by atoms with Gasteiger partial charge in [0.1, 0.15) is 0 Å². The molecule has 1 heterocycles. The van der Waals surface area contributed by atoms with Crippen molar-refractivity contribution < 1.29 is 9.53 Å². The largest absolute Gasteiger partial charge is 0.377 e. The summed E-state index contributed by atoms with van der Waals surface area (Å²) in [5.41, 5.74) is 5.22. The molecular formula is C7H12N2O2. The van der Waals surface area contributed by atoms with Gasteiger partial charge in [0.25, 0.3) is 0 Å². The van der Waals surface area contributed by atoms with Crippen LogP contribution in [0.3, 0.4) is 0 Å². The van der Waals surface area contributed by atoms with Gasteiger partial charge in [0.15, 0.2) is 0 Å². The molecule has 62 valence electrons. The van der Waals surface area contributed by atoms with Crippen molar-refractivity contribution in [3.63, 3.8) is 0 Å². The lowest BCUT2D eigenvalue weighted by molar-refractivity contribution is -0.0503. The molecule has 0 aromatic rings. The van der Waals surface area contributed by atoms with Crippen LogP contribution in [0, 0.1) is 0 Å². The maximum atomic E-state index is 10.9. The Morgan fingerprint density at radius 2 is 2.00 bits per heavy atom. The smallest absolute Gasteiger partial charge is 0.315 e. The summed E-state index contributed by atoms with van der Waals surface area (Å²) in [6.45, 7) is 1.33. The molecule has 0 atom stereocenters. The Bertz CT molecular complexity index is 175. The van der Waals surface area contributed by atoms with E-state index in [1.807, 2.05) is 0 Å². The van der Waals surface area contributed by atoms with Crippen LogP contribution in [-0.4, -0.2) is 36.2 Å². The van der Waals surface area contributed by atoms with Crippen LogP contribution in [0.25, 0.3) is 0 Å². The Balaban J connectivity index is 1.96. The van der Waals surface area contributed by atoms with E-state index in [9.17, 15) is 4.79 Å². The molecule has 0 spiro atoms. The lowest BCUT2D eigenvalue weighted by atomic mass is 10.2. The molecule has 0 aromatic carbocycles. The van der Waals surface area contributed by atoms with Gasteiger partial charge in [-0.15, -0.1) is 0 Å². The second-order valence-electron chi connectivity index (χ2n) is 3.17. The Morgan fingerprint density at radius 3 is 2.27 bits per heavy atom. The van der Waals surface area contributed by atoms with Crippen LogP contribution in [0.4, 0.5) is 4.79 Å². The normalized spacial score (nSPS) is 24.4. The molecule has 2 amide bonds. The van der Waals surface area contributed by atoms with Gasteiger partial charge in [-0.1, -0.05) is 0 Å². The van der Waals surface area contributed by atoms with Crippen molar-refractivity contribution >= 4 is 6.03 Å². The first-order valence-electron chi connectivity index (χ1n) is 3.94. The van der Waals surface area contributed by atoms with Gasteiger partial charge in [0.05, 0.1) is 19.3 Å². The van der Waals surface area contributed by atoms with Crippen molar-refractivity contribution in [2.45, 2.75) is 24.9 Å². The molecule has 2 rings (SSSR count). The van der Waals surface area contributed by atoms with E-state index in [-0.39, 0.29) is 12.1 Å². The van der Waals surface area contributed by atoms with E-state index in [4.69, 9.17) is 10.5 Å². The molecule has 2 fully saturated rings. The molecule has 0 unspecified atom stereocenters. The average Bonchev–Trinajstić information content (AvgIpc) is 2.58. The summed E-state index contributed by atoms with van der Waals surface area (Å²) in [6.07, 6.45) is 2.22. The summed E-state index contributed by atoms with van der Waals surface area (Å²) in [7, 11) is 0. The van der Waals surface area contributed by atoms with E-state index in [0.717, 1.165) is 12.8 Å². The van der Waals surface area contributed by atoms with Gasteiger partial charge in [0, 0.05) is 6.04 Å². The molecule has 0 radical (unpaired) electrons. The molecule has 0 bridgehead atoms. The fraction of sp³-hybridized carbons (Fsp3) is 0.857. The fourth-order valence-corrected chi connectivity index (χ4v) is 1.39. The van der Waals surface area contributed by atoms with Crippen molar-refractivity contribution in [1.29, 1.82) is 0 Å². The first-order valence-corrected chi connectivity index (χ1v) is 3.94. The molecule has 4 nitrogen and oxygen atoms in total. The zero-order valence-corrected chi connectivity index (χ0v) is 6.32. The average molecular weight is 156 g/mol. The number of carbonyl (C=O) groups is 1. The van der Waals surface area contributed by atoms with Gasteiger partial charge in [-0.2, -0.15) is 0 Å². The van der Waals surface area contributed by atoms with Gasteiger partial charge in [-0.25, -0.2) is 4.79 Å². The van der Waals surface area contributed by atoms with E-state index in [1.165, 1.54) is 0 Å². The van der Waals surface area contributed by atoms with Crippen LogP contribution in [0.15, 0.2) is 0 Å². The van der Waals surface area contributed by atoms with Gasteiger partial charge in [-0.3, -0.25) is 0 Å². The summed E-state index contributed by atoms with van der Waals surface area (Å²) < 4.78 is 4.99. The summed E-state index contributed by atoms with van der Waals surface area (Å²) in [4.78, 5) is 12.7. The number of ether oxygens (including phenoxy) is 1. The zero-order chi connectivity index (χ0) is 7.84. The standard InChI is InChI=1S/C7H12N2O2/c8-7(10)9(5-1-2-5)6-3-11-4-6/h5-6H,1-4H2,(H2,8,10). The van der Waals surface area contributed by atoms with Crippen molar-refractivity contribution in [2.24, 2.45) is 5.73 Å². The first-order chi connectivity index (χ1) is 5.29. The predicted molar refractivity (Wildman–Crippen MR) is 39.1 cm³/mol. The van der Waals surface area contributed by atoms with E-state index in [0.29, 0.717) is 19.3 Å². The van der Waals surface area contributed by atoms with E-state index in [1.54, 1.807) is 4.90 Å². The molecule has 2 N–H and O–H groups in total. The summed E-state index contributed by atoms with van der Waals surface area (Å²) in [6, 6.07) is 0.391. The van der Waals surface area contributed by atoms with Crippen molar-refractivity contribution in [3.8, 4) is 0 Å². The number of carbonyl (C=O) groups excluding carboxylic acids is 1. The topological polar surface area (TPSA) is 55.6 Å². The van der Waals surface area contributed by atoms with Crippen molar-refractivity contribution in [2.75, 3.05) is 13.2 Å². The summed E-state index contributed by atoms with van der Waals surface area (Å²) >= 11 is 0. The van der Waals surface area contributed by atoms with Gasteiger partial charge in [0.2, 0.25) is 0 Å². The number of rotatable bonds is 2. The summed E-state index contributed by atoms with van der Waals surface area (Å²) in [5, 5.41) is 0. The third-order valence-corrected chi connectivity index (χ3v) is 2.21. The van der Waals surface area contributed by atoms with Crippen LogP contribution in [0.1, 0.15) is 12.8 Å². The van der Waals surface area contributed by atoms with Crippen LogP contribution >= 0.6 is 0 Å². The second kappa shape index (κ2) is 2.37. The van der Waals surface area contributed by atoms with E-state index >= 15 is 0 Å². The minimum absolute atomic E-state index is 0.264. The quantitative estimate of drug-likeness (QED) is 0.608. The maximum Gasteiger partial charge on any atom is 0.315 e. The molecule has 4 heteroatoms. The minimum Gasteiger partial charge on any atom is -0.377 e. The number of amides is 2. The molecule has 1 aliphatic heterocycles. The van der Waals surface area contributed by atoms with E-state index < -0.39 is 0 Å². The Labute approximate surface area is 65.3 Å². The Hall–Kier alpha value is -0.770. The highest BCUT2D eigenvalue weighted by molar-refractivity contribution is 5.73. The number of nitrogens with two attached hydrogens (primary N) is 1. The number of hydrogen-bond acceptors (Lipinski definition) is 2. The minimum atomic E-state index is -0.291. The Kier molecular flexibility index (Phi) is 1.49. The molecular weight excluding hydrogens is 144 g/mol. The molecule has 1 saturated heterocycles. The van der Waals surface area contributed by atoms with Crippen LogP contribution in [0.5, 0.6) is 0 Å². The fourth-order valence-electron chi connectivity index (χ4n) is 1.39. The highest BCUT2D eigenvalue weighted by Crippen LogP contribution is 2.30. The highest BCUT2D eigenvalue weighted by Gasteiger charge is 2.39. The number of hydrogen-bond donors (Lipinski definition) is 1. The van der Waals surface area contributed by atoms with Crippen molar-refractivity contribution in [3.05, 3.63) is 0 Å². The van der Waals surface area contributed by atoms with Gasteiger partial charge in [-0.05, 0) is 12.8 Å². The van der Waals surface area contributed by atoms with E-state index in [2.05, 4.69) is 0 Å². The lowest BCUT2D eigenvalue weighted by Gasteiger charge is -2.36. The molecule has 11 heavy (non-hydrogen) atoms. The lowest BCUT2D eigenvalue weighted by Crippen LogP contribution is -2.54. The third kappa shape index (κ3) is 1.18. The van der Waals surface area contributed by atoms with Gasteiger partial charge < -0.3 is 15.4 Å². The third-order valence-electron chi connectivity index (χ3n) is 2.21. The zero-order valence-electron chi connectivity index (χ0n) is 6.32. The summed E-state index contributed by atoms with van der Waals surface area (Å²) in [5.74, 6) is 0. The Morgan fingerprint density at radius 1 is 1.36 bits per heavy atom. The second-order valence-corrected chi connectivity index (χ2v) is 3.17. The SMILES string of the molecule is NC(=O)N(C1CC1)C1COC1. The van der Waals surface area contributed by atoms with Crippen molar-refractivity contribution in [1.82, 2.24) is 4.90 Å². The number of primary amides is 1. The monoisotopic (exact) mass is 156 g/mol. The molecule has 1 aliphatic carbocycles. The predicted octanol–water partition coefficient (Wildman–Crippen LogP) is -0.0717. The molecule has 2 aliphatic rings. The van der Waals surface area contributed by atoms with Crippen LogP contribution in [-0.2, 0) is 4.74 Å². The highest BCUT2D eigenvalue weighted by atomic mass is 16.5. The molecule has 0 aromatic heterocycles. The van der Waals surface area contributed by atoms with Crippen LogP contribution < -0.4 is 5.73 Å². The van der Waals surface area contributed by atoms with Crippen LogP contribution in [0.2, 0.25) is 0 Å². The molecule has 1 saturated carbocycles.